The van der Waals surface area contributed by atoms with E-state index in [1.54, 1.807) is 19.1 Å². The van der Waals surface area contributed by atoms with Crippen LogP contribution in [-0.4, -0.2) is 18.9 Å². The van der Waals surface area contributed by atoms with Crippen LogP contribution in [0.2, 0.25) is 0 Å². The van der Waals surface area contributed by atoms with Crippen molar-refractivity contribution in [2.24, 2.45) is 0 Å². The first kappa shape index (κ1) is 8.93. The molecule has 0 aliphatic carbocycles. The Labute approximate surface area is 74.0 Å². The molecule has 1 aromatic rings. The first-order valence-corrected chi connectivity index (χ1v) is 4.31. The summed E-state index contributed by atoms with van der Waals surface area (Å²) in [6, 6.07) is 3.19. The van der Waals surface area contributed by atoms with Crippen molar-refractivity contribution < 1.29 is 14.3 Å². The van der Waals surface area contributed by atoms with E-state index in [9.17, 15) is 9.59 Å². The molecule has 0 aliphatic rings. The Morgan fingerprint density at radius 2 is 2.42 bits per heavy atom. The fourth-order valence-corrected chi connectivity index (χ4v) is 1.44. The van der Waals surface area contributed by atoms with Crippen LogP contribution in [0.5, 0.6) is 0 Å². The predicted molar refractivity (Wildman–Crippen MR) is 45.7 cm³/mol. The summed E-state index contributed by atoms with van der Waals surface area (Å²) in [6.45, 7) is 2.10. The van der Waals surface area contributed by atoms with Crippen molar-refractivity contribution in [2.75, 3.05) is 6.61 Å². The molecule has 0 spiro atoms. The monoisotopic (exact) mass is 184 g/mol. The highest BCUT2D eigenvalue weighted by molar-refractivity contribution is 7.15. The van der Waals surface area contributed by atoms with Gasteiger partial charge < -0.3 is 4.74 Å². The zero-order valence-corrected chi connectivity index (χ0v) is 7.39. The van der Waals surface area contributed by atoms with Crippen LogP contribution in [0.3, 0.4) is 0 Å². The second-order valence-corrected chi connectivity index (χ2v) is 3.16. The van der Waals surface area contributed by atoms with Crippen molar-refractivity contribution in [1.29, 1.82) is 0 Å². The van der Waals surface area contributed by atoms with Crippen LogP contribution in [0.15, 0.2) is 12.1 Å². The number of carbonyl (C=O) groups excluding carboxylic acids is 2. The lowest BCUT2D eigenvalue weighted by Crippen LogP contribution is -2.01. The van der Waals surface area contributed by atoms with Gasteiger partial charge in [-0.1, -0.05) is 0 Å². The molecule has 0 bridgehead atoms. The van der Waals surface area contributed by atoms with Gasteiger partial charge in [0.2, 0.25) is 0 Å². The third-order valence-electron chi connectivity index (χ3n) is 1.22. The highest BCUT2D eigenvalue weighted by atomic mass is 32.1. The molecule has 0 amide bonds. The molecule has 1 heterocycles. The SMILES string of the molecule is CCOC(=O)c1ccc(C=O)s1. The summed E-state index contributed by atoms with van der Waals surface area (Å²) in [5, 5.41) is 0. The average molecular weight is 184 g/mol. The molecule has 0 radical (unpaired) electrons. The minimum atomic E-state index is -0.365. The van der Waals surface area contributed by atoms with E-state index >= 15 is 0 Å². The maximum atomic E-state index is 11.0. The summed E-state index contributed by atoms with van der Waals surface area (Å²) in [4.78, 5) is 22.3. The smallest absolute Gasteiger partial charge is 0.348 e. The maximum Gasteiger partial charge on any atom is 0.348 e. The van der Waals surface area contributed by atoms with Crippen LogP contribution < -0.4 is 0 Å². The van der Waals surface area contributed by atoms with Crippen LogP contribution in [0.25, 0.3) is 0 Å². The van der Waals surface area contributed by atoms with Crippen LogP contribution in [0.4, 0.5) is 0 Å². The quantitative estimate of drug-likeness (QED) is 0.530. The van der Waals surface area contributed by atoms with Crippen LogP contribution in [0, 0.1) is 0 Å². The van der Waals surface area contributed by atoms with E-state index < -0.39 is 0 Å². The number of thiophene rings is 1. The van der Waals surface area contributed by atoms with Gasteiger partial charge in [-0.05, 0) is 19.1 Å². The Balaban J connectivity index is 2.74. The molecule has 0 aromatic carbocycles. The Morgan fingerprint density at radius 3 is 2.92 bits per heavy atom. The van der Waals surface area contributed by atoms with E-state index in [-0.39, 0.29) is 5.97 Å². The molecular formula is C8H8O3S. The highest BCUT2D eigenvalue weighted by Crippen LogP contribution is 2.15. The number of ether oxygens (including phenoxy) is 1. The second kappa shape index (κ2) is 4.01. The van der Waals surface area contributed by atoms with Crippen molar-refractivity contribution in [2.45, 2.75) is 6.92 Å². The largest absolute Gasteiger partial charge is 0.462 e. The van der Waals surface area contributed by atoms with Crippen molar-refractivity contribution in [3.8, 4) is 0 Å². The molecule has 0 saturated carbocycles. The lowest BCUT2D eigenvalue weighted by molar-refractivity contribution is 0.0532. The Morgan fingerprint density at radius 1 is 1.67 bits per heavy atom. The van der Waals surface area contributed by atoms with Gasteiger partial charge in [-0.15, -0.1) is 11.3 Å². The average Bonchev–Trinajstić information content (AvgIpc) is 2.52. The zero-order chi connectivity index (χ0) is 8.97. The molecule has 0 atom stereocenters. The highest BCUT2D eigenvalue weighted by Gasteiger charge is 2.08. The van der Waals surface area contributed by atoms with Crippen molar-refractivity contribution in [3.05, 3.63) is 21.9 Å². The molecule has 0 fully saturated rings. The van der Waals surface area contributed by atoms with Gasteiger partial charge in [0.15, 0.2) is 6.29 Å². The standard InChI is InChI=1S/C8H8O3S/c1-2-11-8(10)7-4-3-6(5-9)12-7/h3-5H,2H2,1H3. The normalized spacial score (nSPS) is 9.42. The first-order chi connectivity index (χ1) is 5.77. The molecule has 1 rings (SSSR count). The van der Waals surface area contributed by atoms with E-state index in [2.05, 4.69) is 0 Å². The summed E-state index contributed by atoms with van der Waals surface area (Å²) < 4.78 is 4.74. The molecule has 0 saturated heterocycles. The number of rotatable bonds is 3. The summed E-state index contributed by atoms with van der Waals surface area (Å²) >= 11 is 1.14. The molecule has 4 heteroatoms. The van der Waals surface area contributed by atoms with Gasteiger partial charge in [-0.2, -0.15) is 0 Å². The van der Waals surface area contributed by atoms with Gasteiger partial charge in [-0.3, -0.25) is 4.79 Å². The minimum Gasteiger partial charge on any atom is -0.462 e. The maximum absolute atomic E-state index is 11.0. The van der Waals surface area contributed by atoms with E-state index in [4.69, 9.17) is 4.74 Å². The van der Waals surface area contributed by atoms with E-state index in [1.807, 2.05) is 0 Å². The summed E-state index contributed by atoms with van der Waals surface area (Å²) in [7, 11) is 0. The van der Waals surface area contributed by atoms with Gasteiger partial charge in [0.1, 0.15) is 4.88 Å². The number of hydrogen-bond donors (Lipinski definition) is 0. The third-order valence-corrected chi connectivity index (χ3v) is 2.21. The molecule has 64 valence electrons. The van der Waals surface area contributed by atoms with Gasteiger partial charge in [0.25, 0.3) is 0 Å². The Bertz CT molecular complexity index is 290. The van der Waals surface area contributed by atoms with Gasteiger partial charge in [-0.25, -0.2) is 4.79 Å². The summed E-state index contributed by atoms with van der Waals surface area (Å²) in [5.74, 6) is -0.365. The lowest BCUT2D eigenvalue weighted by Gasteiger charge is -1.95. The van der Waals surface area contributed by atoms with Gasteiger partial charge in [0.05, 0.1) is 11.5 Å². The fourth-order valence-electron chi connectivity index (χ4n) is 0.728. The number of hydrogen-bond acceptors (Lipinski definition) is 4. The van der Waals surface area contributed by atoms with Crippen LogP contribution in [-0.2, 0) is 4.74 Å². The van der Waals surface area contributed by atoms with E-state index in [0.29, 0.717) is 22.6 Å². The van der Waals surface area contributed by atoms with Crippen molar-refractivity contribution >= 4 is 23.6 Å². The van der Waals surface area contributed by atoms with Crippen molar-refractivity contribution in [3.63, 3.8) is 0 Å². The van der Waals surface area contributed by atoms with Crippen LogP contribution in [0.1, 0.15) is 26.3 Å². The number of carbonyl (C=O) groups is 2. The fraction of sp³-hybridized carbons (Fsp3) is 0.250. The Kier molecular flexibility index (Phi) is 2.99. The first-order valence-electron chi connectivity index (χ1n) is 3.50. The van der Waals surface area contributed by atoms with Crippen LogP contribution >= 0.6 is 11.3 Å². The zero-order valence-electron chi connectivity index (χ0n) is 6.57. The molecule has 0 unspecified atom stereocenters. The molecule has 12 heavy (non-hydrogen) atoms. The predicted octanol–water partition coefficient (Wildman–Crippen LogP) is 1.74. The Hall–Kier alpha value is -1.16. The number of aldehydes is 1. The third kappa shape index (κ3) is 1.92. The van der Waals surface area contributed by atoms with Crippen molar-refractivity contribution in [1.82, 2.24) is 0 Å². The lowest BCUT2D eigenvalue weighted by atomic mass is 10.4. The van der Waals surface area contributed by atoms with Gasteiger partial charge in [0, 0.05) is 0 Å². The minimum absolute atomic E-state index is 0.354. The second-order valence-electron chi connectivity index (χ2n) is 2.04. The molecule has 0 N–H and O–H groups in total. The molecule has 0 aliphatic heterocycles. The summed E-state index contributed by atoms with van der Waals surface area (Å²) in [5.41, 5.74) is 0. The van der Waals surface area contributed by atoms with Gasteiger partial charge >= 0.3 is 5.97 Å². The van der Waals surface area contributed by atoms with E-state index in [1.165, 1.54) is 0 Å². The molecule has 3 nitrogen and oxygen atoms in total. The topological polar surface area (TPSA) is 43.4 Å². The number of esters is 1. The molecule has 1 aromatic heterocycles. The van der Waals surface area contributed by atoms with E-state index in [0.717, 1.165) is 11.3 Å². The molecular weight excluding hydrogens is 176 g/mol. The summed E-state index contributed by atoms with van der Waals surface area (Å²) in [6.07, 6.45) is 0.716.